The van der Waals surface area contributed by atoms with Crippen LogP contribution in [-0.2, 0) is 19.1 Å². The van der Waals surface area contributed by atoms with Gasteiger partial charge < -0.3 is 14.8 Å². The van der Waals surface area contributed by atoms with E-state index in [1.54, 1.807) is 13.8 Å². The fourth-order valence-electron chi connectivity index (χ4n) is 9.66. The maximum Gasteiger partial charge on any atom is 0.328 e. The van der Waals surface area contributed by atoms with Crippen molar-refractivity contribution in [2.75, 3.05) is 0 Å². The highest BCUT2D eigenvalue weighted by atomic mass is 16.7. The van der Waals surface area contributed by atoms with Crippen molar-refractivity contribution in [3.05, 3.63) is 0 Å². The predicted octanol–water partition coefficient (Wildman–Crippen LogP) is 2.95. The van der Waals surface area contributed by atoms with E-state index in [2.05, 4.69) is 31.0 Å². The monoisotopic (exact) mass is 445 g/mol. The molecule has 2 aliphatic carbocycles. The highest BCUT2D eigenvalue weighted by molar-refractivity contribution is 6.03. The van der Waals surface area contributed by atoms with Crippen LogP contribution in [0.1, 0.15) is 92.4 Å². The number of rotatable bonds is 0. The number of esters is 2. The molecular formula is C26H41N2O4+. The third kappa shape index (κ3) is 2.84. The molecular weight excluding hydrogens is 404 g/mol. The molecule has 2 bridgehead atoms. The summed E-state index contributed by atoms with van der Waals surface area (Å²) in [5, 5.41) is 2.67. The van der Waals surface area contributed by atoms with Crippen molar-refractivity contribution in [1.29, 1.82) is 0 Å². The third-order valence-corrected chi connectivity index (χ3v) is 10.1. The average Bonchev–Trinajstić information content (AvgIpc) is 2.90. The van der Waals surface area contributed by atoms with E-state index < -0.39 is 11.2 Å². The normalized spacial score (nSPS) is 48.3. The van der Waals surface area contributed by atoms with Crippen molar-refractivity contribution in [2.45, 2.75) is 122 Å². The number of fused-ring (bicyclic) bond motifs is 9. The van der Waals surface area contributed by atoms with Gasteiger partial charge in [0.25, 0.3) is 5.79 Å². The van der Waals surface area contributed by atoms with Crippen LogP contribution >= 0.6 is 0 Å². The summed E-state index contributed by atoms with van der Waals surface area (Å²) in [5.41, 5.74) is -1.07. The summed E-state index contributed by atoms with van der Waals surface area (Å²) in [7, 11) is 0. The van der Waals surface area contributed by atoms with E-state index in [1.807, 2.05) is 0 Å². The Hall–Kier alpha value is -1.14. The molecule has 6 heteroatoms. The Morgan fingerprint density at radius 2 is 1.59 bits per heavy atom. The molecule has 4 heterocycles. The molecule has 2 N–H and O–H groups in total. The number of hydrogen-bond donors (Lipinski definition) is 1. The highest BCUT2D eigenvalue weighted by Crippen LogP contribution is 2.65. The lowest BCUT2D eigenvalue weighted by molar-refractivity contribution is -0.768. The molecule has 178 valence electrons. The Labute approximate surface area is 192 Å². The summed E-state index contributed by atoms with van der Waals surface area (Å²) in [6.45, 7) is 10.4. The zero-order chi connectivity index (χ0) is 22.7. The fraction of sp³-hybridized carbons (Fsp3) is 0.923. The van der Waals surface area contributed by atoms with Gasteiger partial charge in [-0.2, -0.15) is 0 Å². The molecule has 2 saturated carbocycles. The topological polar surface area (TPSA) is 72.5 Å². The molecule has 6 aliphatic rings. The lowest BCUT2D eigenvalue weighted by Crippen LogP contribution is -3.04. The van der Waals surface area contributed by atoms with E-state index in [9.17, 15) is 9.59 Å². The van der Waals surface area contributed by atoms with Gasteiger partial charge in [0.2, 0.25) is 0 Å². The Kier molecular flexibility index (Phi) is 4.35. The predicted molar refractivity (Wildman–Crippen MR) is 118 cm³/mol. The first kappa shape index (κ1) is 21.4. The number of cyclic esters (lactones) is 2. The first-order valence-corrected chi connectivity index (χ1v) is 13.0. The lowest BCUT2D eigenvalue weighted by atomic mass is 9.55. The standard InChI is InChI=1S/C26H40N2O4/c1-23(2)12-17-13-25(5,14-23)20-26(21(29)31-24(3,4)32-22(26)30)11-16-10-15-8-6-7-9-18(15)27-19(16)28(17)20/h15-20,27H,6-14H2,1-5H3/p+1/t15?,16?,17-,18?,19?,20-,25-/m0/s1. The number of nitrogens with zero attached hydrogens (tertiary/aromatic N) is 1. The quantitative estimate of drug-likeness (QED) is 0.458. The number of carbonyl (C=O) groups is 2. The number of ether oxygens (including phenoxy) is 2. The number of piperidine rings is 2. The first-order chi connectivity index (χ1) is 14.9. The molecule has 4 saturated heterocycles. The summed E-state index contributed by atoms with van der Waals surface area (Å²) in [5.74, 6) is -0.797. The molecule has 32 heavy (non-hydrogen) atoms. The van der Waals surface area contributed by atoms with E-state index >= 15 is 0 Å². The summed E-state index contributed by atoms with van der Waals surface area (Å²) in [4.78, 5) is 30.3. The Balaban J connectivity index is 1.47. The number of nitrogens with two attached hydrogens (primary N) is 1. The van der Waals surface area contributed by atoms with Crippen LogP contribution in [0.4, 0.5) is 0 Å². The third-order valence-electron chi connectivity index (χ3n) is 10.1. The van der Waals surface area contributed by atoms with Crippen molar-refractivity contribution in [3.8, 4) is 0 Å². The van der Waals surface area contributed by atoms with Gasteiger partial charge in [-0.25, -0.2) is 4.90 Å². The average molecular weight is 446 g/mol. The molecule has 0 radical (unpaired) electrons. The van der Waals surface area contributed by atoms with E-state index in [0.717, 1.165) is 25.7 Å². The van der Waals surface area contributed by atoms with Crippen LogP contribution in [-0.4, -0.2) is 46.9 Å². The molecule has 0 aromatic rings. The molecule has 6 rings (SSSR count). The van der Waals surface area contributed by atoms with Crippen molar-refractivity contribution >= 4 is 11.9 Å². The van der Waals surface area contributed by atoms with Crippen LogP contribution in [0.15, 0.2) is 0 Å². The van der Waals surface area contributed by atoms with Crippen molar-refractivity contribution in [2.24, 2.45) is 28.1 Å². The minimum absolute atomic E-state index is 0.0891. The van der Waals surface area contributed by atoms with Gasteiger partial charge in [-0.1, -0.05) is 27.2 Å². The number of quaternary nitrogens is 1. The number of hydrogen-bond acceptors (Lipinski definition) is 5. The summed E-state index contributed by atoms with van der Waals surface area (Å²) in [6, 6.07) is 0.992. The van der Waals surface area contributed by atoms with Gasteiger partial charge in [-0.05, 0) is 62.2 Å². The molecule has 6 fully saturated rings. The van der Waals surface area contributed by atoms with Gasteiger partial charge in [0, 0.05) is 37.8 Å². The SMILES string of the molecule is CC1(C)C[C@H]2C[C@@](C)(C1)[C@@H]1N2C2[NH2+]C3CCCCC3CC2CC12C(=O)OC(C)(C)OC2=O. The van der Waals surface area contributed by atoms with Gasteiger partial charge in [-0.15, -0.1) is 0 Å². The van der Waals surface area contributed by atoms with Crippen LogP contribution in [0.2, 0.25) is 0 Å². The Morgan fingerprint density at radius 1 is 0.906 bits per heavy atom. The molecule has 1 spiro atoms. The Morgan fingerprint density at radius 3 is 2.31 bits per heavy atom. The second-order valence-electron chi connectivity index (χ2n) is 13.6. The van der Waals surface area contributed by atoms with Crippen LogP contribution in [0.25, 0.3) is 0 Å². The van der Waals surface area contributed by atoms with Crippen LogP contribution in [0.3, 0.4) is 0 Å². The molecule has 0 aromatic heterocycles. The van der Waals surface area contributed by atoms with Crippen LogP contribution < -0.4 is 5.32 Å². The largest absolute Gasteiger partial charge is 0.422 e. The van der Waals surface area contributed by atoms with Crippen molar-refractivity contribution < 1.29 is 24.4 Å². The van der Waals surface area contributed by atoms with Crippen LogP contribution in [0.5, 0.6) is 0 Å². The van der Waals surface area contributed by atoms with Crippen molar-refractivity contribution in [3.63, 3.8) is 0 Å². The summed E-state index contributed by atoms with van der Waals surface area (Å²) >= 11 is 0. The van der Waals surface area contributed by atoms with Gasteiger partial charge in [-0.3, -0.25) is 9.59 Å². The van der Waals surface area contributed by atoms with Gasteiger partial charge in [0.15, 0.2) is 5.41 Å². The second-order valence-corrected chi connectivity index (χ2v) is 13.6. The van der Waals surface area contributed by atoms with E-state index in [1.165, 1.54) is 25.7 Å². The van der Waals surface area contributed by atoms with Crippen LogP contribution in [0, 0.1) is 28.1 Å². The summed E-state index contributed by atoms with van der Waals surface area (Å²) < 4.78 is 11.7. The van der Waals surface area contributed by atoms with Gasteiger partial charge >= 0.3 is 11.9 Å². The van der Waals surface area contributed by atoms with Gasteiger partial charge in [0.05, 0.1) is 6.04 Å². The lowest BCUT2D eigenvalue weighted by Gasteiger charge is -2.58. The first-order valence-electron chi connectivity index (χ1n) is 13.0. The van der Waals surface area contributed by atoms with E-state index in [0.29, 0.717) is 36.5 Å². The minimum atomic E-state index is -1.18. The number of carbonyl (C=O) groups excluding carboxylic acids is 2. The van der Waals surface area contributed by atoms with Gasteiger partial charge in [0.1, 0.15) is 6.17 Å². The van der Waals surface area contributed by atoms with E-state index in [-0.39, 0.29) is 28.8 Å². The summed E-state index contributed by atoms with van der Waals surface area (Å²) in [6.07, 6.45) is 10.6. The second kappa shape index (κ2) is 6.50. The molecule has 0 amide bonds. The maximum atomic E-state index is 13.8. The highest BCUT2D eigenvalue weighted by Gasteiger charge is 2.75. The minimum Gasteiger partial charge on any atom is -0.422 e. The smallest absolute Gasteiger partial charge is 0.328 e. The Bertz CT molecular complexity index is 833. The zero-order valence-electron chi connectivity index (χ0n) is 20.5. The zero-order valence-corrected chi connectivity index (χ0v) is 20.5. The maximum absolute atomic E-state index is 13.8. The molecule has 4 unspecified atom stereocenters. The molecule has 0 aromatic carbocycles. The molecule has 7 atom stereocenters. The fourth-order valence-corrected chi connectivity index (χ4v) is 9.66. The molecule has 6 nitrogen and oxygen atoms in total. The molecule has 4 aliphatic heterocycles. The van der Waals surface area contributed by atoms with Crippen molar-refractivity contribution in [1.82, 2.24) is 4.90 Å². The van der Waals surface area contributed by atoms with E-state index in [4.69, 9.17) is 9.47 Å².